The van der Waals surface area contributed by atoms with Gasteiger partial charge in [-0.2, -0.15) is 10.4 Å². The van der Waals surface area contributed by atoms with Crippen molar-refractivity contribution in [2.24, 2.45) is 5.10 Å². The number of carbonyl (C=O) groups excluding carboxylic acids is 1. The quantitative estimate of drug-likeness (QED) is 0.353. The van der Waals surface area contributed by atoms with E-state index in [2.05, 4.69) is 15.3 Å². The zero-order chi connectivity index (χ0) is 12.8. The van der Waals surface area contributed by atoms with Crippen LogP contribution in [0.2, 0.25) is 0 Å². The number of hydrazone groups is 1. The maximum atomic E-state index is 11.0. The molecule has 1 aromatic rings. The van der Waals surface area contributed by atoms with Crippen LogP contribution >= 0.6 is 0 Å². The zero-order valence-corrected chi connectivity index (χ0v) is 9.39. The van der Waals surface area contributed by atoms with Gasteiger partial charge in [-0.3, -0.25) is 5.43 Å². The number of phenolic OH excluding ortho intramolecular Hbond substituents is 1. The number of nitriles is 1. The van der Waals surface area contributed by atoms with E-state index in [9.17, 15) is 9.90 Å². The second-order valence-electron chi connectivity index (χ2n) is 3.20. The van der Waals surface area contributed by atoms with Gasteiger partial charge in [0.15, 0.2) is 0 Å². The Hall–Kier alpha value is -2.55. The Morgan fingerprint density at radius 2 is 2.29 bits per heavy atom. The highest BCUT2D eigenvalue weighted by atomic mass is 16.5. The van der Waals surface area contributed by atoms with Crippen molar-refractivity contribution in [1.82, 2.24) is 0 Å². The minimum atomic E-state index is -0.841. The number of methoxy groups -OCH3 is 1. The lowest BCUT2D eigenvalue weighted by molar-refractivity contribution is -0.132. The van der Waals surface area contributed by atoms with Crippen molar-refractivity contribution in [3.63, 3.8) is 0 Å². The average Bonchev–Trinajstić information content (AvgIpc) is 2.33. The summed E-state index contributed by atoms with van der Waals surface area (Å²) in [7, 11) is 1.15. The number of phenols is 1. The molecule has 6 nitrogen and oxygen atoms in total. The number of ether oxygens (including phenoxy) is 1. The highest BCUT2D eigenvalue weighted by Crippen LogP contribution is 2.23. The lowest BCUT2D eigenvalue weighted by Gasteiger charge is -2.04. The van der Waals surface area contributed by atoms with Crippen LogP contribution in [-0.2, 0) is 9.53 Å². The Balaban J connectivity index is 2.92. The van der Waals surface area contributed by atoms with E-state index in [4.69, 9.17) is 5.26 Å². The normalized spacial score (nSPS) is 10.5. The molecule has 2 N–H and O–H groups in total. The lowest BCUT2D eigenvalue weighted by atomic mass is 10.2. The van der Waals surface area contributed by atoms with Crippen LogP contribution in [0.3, 0.4) is 0 Å². The Morgan fingerprint density at radius 3 is 2.88 bits per heavy atom. The van der Waals surface area contributed by atoms with Crippen molar-refractivity contribution in [3.8, 4) is 11.8 Å². The average molecular weight is 233 g/mol. The molecule has 0 heterocycles. The molecule has 0 amide bonds. The maximum Gasteiger partial charge on any atom is 0.369 e. The largest absolute Gasteiger partial charge is 0.506 e. The summed E-state index contributed by atoms with van der Waals surface area (Å²) in [5, 5.41) is 21.7. The number of aromatic hydroxyl groups is 1. The molecule has 17 heavy (non-hydrogen) atoms. The van der Waals surface area contributed by atoms with E-state index in [0.29, 0.717) is 5.69 Å². The minimum absolute atomic E-state index is 0.0264. The molecule has 0 fully saturated rings. The van der Waals surface area contributed by atoms with Crippen LogP contribution in [0.1, 0.15) is 5.56 Å². The fraction of sp³-hybridized carbons (Fsp3) is 0.182. The number of anilines is 1. The number of hydrogen-bond acceptors (Lipinski definition) is 6. The monoisotopic (exact) mass is 233 g/mol. The number of benzene rings is 1. The highest BCUT2D eigenvalue weighted by Gasteiger charge is 2.10. The van der Waals surface area contributed by atoms with Gasteiger partial charge in [0.25, 0.3) is 0 Å². The molecule has 0 saturated heterocycles. The lowest BCUT2D eigenvalue weighted by Crippen LogP contribution is -2.15. The van der Waals surface area contributed by atoms with Gasteiger partial charge in [0.05, 0.1) is 12.8 Å². The minimum Gasteiger partial charge on any atom is -0.506 e. The van der Waals surface area contributed by atoms with Gasteiger partial charge in [-0.05, 0) is 24.6 Å². The van der Waals surface area contributed by atoms with Crippen molar-refractivity contribution < 1.29 is 14.6 Å². The summed E-state index contributed by atoms with van der Waals surface area (Å²) in [6.07, 6.45) is 0. The molecule has 6 heteroatoms. The van der Waals surface area contributed by atoms with Crippen molar-refractivity contribution >= 4 is 17.4 Å². The summed E-state index contributed by atoms with van der Waals surface area (Å²) in [6, 6.07) is 6.42. The van der Waals surface area contributed by atoms with E-state index in [1.807, 2.05) is 6.92 Å². The molecule has 1 rings (SSSR count). The number of esters is 1. The Bertz CT molecular complexity index is 503. The Kier molecular flexibility index (Phi) is 4.06. The third kappa shape index (κ3) is 3.21. The number of aryl methyl sites for hydroxylation is 1. The van der Waals surface area contributed by atoms with Gasteiger partial charge in [0.2, 0.25) is 5.71 Å². The summed E-state index contributed by atoms with van der Waals surface area (Å²) in [5.74, 6) is -0.867. The number of nitrogens with one attached hydrogen (secondary N) is 1. The molecule has 0 atom stereocenters. The summed E-state index contributed by atoms with van der Waals surface area (Å²) in [5.41, 5.74) is 3.22. The Labute approximate surface area is 98.1 Å². The van der Waals surface area contributed by atoms with Gasteiger partial charge in [-0.15, -0.1) is 0 Å². The van der Waals surface area contributed by atoms with Gasteiger partial charge >= 0.3 is 5.97 Å². The fourth-order valence-electron chi connectivity index (χ4n) is 1.07. The SMILES string of the molecule is COC(=O)C(C#N)=NNc1cc(C)ccc1O. The van der Waals surface area contributed by atoms with E-state index in [1.165, 1.54) is 6.07 Å². The van der Waals surface area contributed by atoms with Gasteiger partial charge in [-0.1, -0.05) is 6.07 Å². The molecule has 0 spiro atoms. The van der Waals surface area contributed by atoms with Crippen molar-refractivity contribution in [2.45, 2.75) is 6.92 Å². The van der Waals surface area contributed by atoms with E-state index < -0.39 is 11.7 Å². The van der Waals surface area contributed by atoms with Gasteiger partial charge < -0.3 is 9.84 Å². The molecule has 0 aliphatic carbocycles. The predicted octanol–water partition coefficient (Wildman–Crippen LogP) is 1.17. The smallest absolute Gasteiger partial charge is 0.369 e. The fourth-order valence-corrected chi connectivity index (χ4v) is 1.07. The first-order valence-electron chi connectivity index (χ1n) is 4.70. The van der Waals surface area contributed by atoms with Crippen LogP contribution in [0.5, 0.6) is 5.75 Å². The van der Waals surface area contributed by atoms with E-state index >= 15 is 0 Å². The standard InChI is InChI=1S/C11H11N3O3/c1-7-3-4-10(15)8(5-7)13-14-9(6-12)11(16)17-2/h3-5,13,15H,1-2H3. The first-order chi connectivity index (χ1) is 8.08. The second kappa shape index (κ2) is 5.51. The molecule has 0 radical (unpaired) electrons. The zero-order valence-electron chi connectivity index (χ0n) is 9.39. The second-order valence-corrected chi connectivity index (χ2v) is 3.20. The van der Waals surface area contributed by atoms with E-state index in [1.54, 1.807) is 18.2 Å². The topological polar surface area (TPSA) is 94.7 Å². The summed E-state index contributed by atoms with van der Waals surface area (Å²) in [4.78, 5) is 11.0. The molecule has 1 aromatic carbocycles. The third-order valence-corrected chi connectivity index (χ3v) is 1.92. The van der Waals surface area contributed by atoms with Gasteiger partial charge in [-0.25, -0.2) is 4.79 Å². The van der Waals surface area contributed by atoms with Gasteiger partial charge in [0.1, 0.15) is 11.8 Å². The third-order valence-electron chi connectivity index (χ3n) is 1.92. The first-order valence-corrected chi connectivity index (χ1v) is 4.70. The van der Waals surface area contributed by atoms with Crippen molar-refractivity contribution in [1.29, 1.82) is 5.26 Å². The van der Waals surface area contributed by atoms with Crippen LogP contribution in [0.25, 0.3) is 0 Å². The number of nitrogens with zero attached hydrogens (tertiary/aromatic N) is 2. The van der Waals surface area contributed by atoms with E-state index in [0.717, 1.165) is 12.7 Å². The predicted molar refractivity (Wildman–Crippen MR) is 61.5 cm³/mol. The van der Waals surface area contributed by atoms with Crippen LogP contribution in [0.4, 0.5) is 5.69 Å². The van der Waals surface area contributed by atoms with Crippen LogP contribution in [-0.4, -0.2) is 23.9 Å². The molecule has 0 aliphatic rings. The van der Waals surface area contributed by atoms with Crippen LogP contribution in [0, 0.1) is 18.3 Å². The molecule has 88 valence electrons. The molecule has 0 aromatic heterocycles. The molecule has 0 saturated carbocycles. The van der Waals surface area contributed by atoms with Gasteiger partial charge in [0, 0.05) is 0 Å². The summed E-state index contributed by atoms with van der Waals surface area (Å²) >= 11 is 0. The maximum absolute atomic E-state index is 11.0. The van der Waals surface area contributed by atoms with Crippen LogP contribution < -0.4 is 5.43 Å². The summed E-state index contributed by atoms with van der Waals surface area (Å²) < 4.78 is 4.35. The molecule has 0 bridgehead atoms. The van der Waals surface area contributed by atoms with Crippen molar-refractivity contribution in [3.05, 3.63) is 23.8 Å². The molecule has 0 unspecified atom stereocenters. The first kappa shape index (κ1) is 12.5. The number of rotatable bonds is 3. The number of carbonyl (C=O) groups is 1. The number of hydrogen-bond donors (Lipinski definition) is 2. The van der Waals surface area contributed by atoms with Crippen LogP contribution in [0.15, 0.2) is 23.3 Å². The van der Waals surface area contributed by atoms with E-state index in [-0.39, 0.29) is 5.75 Å². The molecular formula is C11H11N3O3. The van der Waals surface area contributed by atoms with Crippen molar-refractivity contribution in [2.75, 3.05) is 12.5 Å². The Morgan fingerprint density at radius 1 is 1.59 bits per heavy atom. The highest BCUT2D eigenvalue weighted by molar-refractivity contribution is 6.43. The molecule has 0 aliphatic heterocycles. The summed E-state index contributed by atoms with van der Waals surface area (Å²) in [6.45, 7) is 1.83. The molecular weight excluding hydrogens is 222 g/mol.